The largest absolute Gasteiger partial charge is 0.372 e. The third-order valence-corrected chi connectivity index (χ3v) is 4.89. The first-order valence-corrected chi connectivity index (χ1v) is 8.55. The lowest BCUT2D eigenvalue weighted by Gasteiger charge is -2.30. The Balaban J connectivity index is 1.75. The molecule has 118 valence electrons. The molecule has 4 atom stereocenters. The summed E-state index contributed by atoms with van der Waals surface area (Å²) in [5.41, 5.74) is 0.193. The van der Waals surface area contributed by atoms with Gasteiger partial charge in [0.2, 0.25) is 0 Å². The molecule has 0 aromatic heterocycles. The Morgan fingerprint density at radius 1 is 1.10 bits per heavy atom. The molecular weight excluding hydrogens is 248 g/mol. The molecule has 2 saturated heterocycles. The zero-order valence-electron chi connectivity index (χ0n) is 14.1. The van der Waals surface area contributed by atoms with Crippen LogP contribution in [0, 0.1) is 0 Å². The fourth-order valence-electron chi connectivity index (χ4n) is 3.61. The maximum Gasteiger partial charge on any atom is 0.0707 e. The molecule has 2 heterocycles. The average molecular weight is 282 g/mol. The first kappa shape index (κ1) is 16.3. The Hall–Kier alpha value is -0.120. The lowest BCUT2D eigenvalue weighted by Crippen LogP contribution is -2.42. The minimum atomic E-state index is 0.193. The molecule has 2 rings (SSSR count). The van der Waals surface area contributed by atoms with Crippen LogP contribution in [-0.4, -0.2) is 47.8 Å². The van der Waals surface area contributed by atoms with Crippen molar-refractivity contribution >= 4 is 0 Å². The van der Waals surface area contributed by atoms with Gasteiger partial charge in [-0.15, -0.1) is 0 Å². The van der Waals surface area contributed by atoms with Gasteiger partial charge in [0, 0.05) is 30.7 Å². The van der Waals surface area contributed by atoms with Crippen molar-refractivity contribution in [3.05, 3.63) is 0 Å². The second-order valence-corrected chi connectivity index (χ2v) is 7.77. The van der Waals surface area contributed by atoms with Gasteiger partial charge < -0.3 is 10.1 Å². The normalized spacial score (nSPS) is 35.9. The zero-order valence-corrected chi connectivity index (χ0v) is 14.1. The van der Waals surface area contributed by atoms with Gasteiger partial charge in [-0.25, -0.2) is 0 Å². The molecule has 2 aliphatic heterocycles. The van der Waals surface area contributed by atoms with E-state index < -0.39 is 0 Å². The average Bonchev–Trinajstić information content (AvgIpc) is 2.95. The molecule has 0 amide bonds. The number of ether oxygens (including phenoxy) is 1. The molecule has 3 heteroatoms. The van der Waals surface area contributed by atoms with Gasteiger partial charge in [0.25, 0.3) is 0 Å². The van der Waals surface area contributed by atoms with Gasteiger partial charge in [-0.2, -0.15) is 0 Å². The topological polar surface area (TPSA) is 24.5 Å². The van der Waals surface area contributed by atoms with Gasteiger partial charge in [-0.3, -0.25) is 4.90 Å². The van der Waals surface area contributed by atoms with Crippen LogP contribution < -0.4 is 5.32 Å². The second-order valence-electron chi connectivity index (χ2n) is 7.77. The molecule has 0 aromatic rings. The summed E-state index contributed by atoms with van der Waals surface area (Å²) in [5, 5.41) is 3.57. The van der Waals surface area contributed by atoms with Gasteiger partial charge in [-0.1, -0.05) is 6.92 Å². The Bertz CT molecular complexity index is 300. The van der Waals surface area contributed by atoms with Crippen molar-refractivity contribution in [2.75, 3.05) is 13.1 Å². The van der Waals surface area contributed by atoms with E-state index in [4.69, 9.17) is 4.74 Å². The van der Waals surface area contributed by atoms with E-state index in [1.165, 1.54) is 32.1 Å². The Labute approximate surface area is 125 Å². The third-order valence-electron chi connectivity index (χ3n) is 4.89. The molecule has 20 heavy (non-hydrogen) atoms. The molecule has 0 bridgehead atoms. The predicted molar refractivity (Wildman–Crippen MR) is 85.1 cm³/mol. The molecular formula is C17H34N2O. The van der Waals surface area contributed by atoms with Crippen molar-refractivity contribution in [1.82, 2.24) is 10.2 Å². The lowest BCUT2D eigenvalue weighted by molar-refractivity contribution is 0.0116. The number of rotatable bonds is 5. The first-order valence-electron chi connectivity index (χ1n) is 8.55. The lowest BCUT2D eigenvalue weighted by atomic mass is 10.1. The van der Waals surface area contributed by atoms with E-state index in [2.05, 4.69) is 44.8 Å². The summed E-state index contributed by atoms with van der Waals surface area (Å²) >= 11 is 0. The van der Waals surface area contributed by atoms with Crippen LogP contribution >= 0.6 is 0 Å². The maximum absolute atomic E-state index is 6.26. The smallest absolute Gasteiger partial charge is 0.0707 e. The monoisotopic (exact) mass is 282 g/mol. The van der Waals surface area contributed by atoms with Crippen LogP contribution in [0.15, 0.2) is 0 Å². The molecule has 0 aromatic carbocycles. The van der Waals surface area contributed by atoms with E-state index in [9.17, 15) is 0 Å². The molecule has 3 nitrogen and oxygen atoms in total. The number of nitrogens with one attached hydrogen (secondary N) is 1. The highest BCUT2D eigenvalue weighted by Crippen LogP contribution is 2.29. The van der Waals surface area contributed by atoms with E-state index in [0.29, 0.717) is 12.2 Å². The second kappa shape index (κ2) is 6.76. The Morgan fingerprint density at radius 3 is 2.45 bits per heavy atom. The SMILES string of the molecule is CCC1CCC(C)N1CC1CCC(CNC(C)(C)C)O1. The highest BCUT2D eigenvalue weighted by atomic mass is 16.5. The summed E-state index contributed by atoms with van der Waals surface area (Å²) in [5.74, 6) is 0. The van der Waals surface area contributed by atoms with Crippen LogP contribution in [-0.2, 0) is 4.74 Å². The molecule has 2 aliphatic rings. The summed E-state index contributed by atoms with van der Waals surface area (Å²) in [7, 11) is 0. The number of likely N-dealkylation sites (tertiary alicyclic amines) is 1. The van der Waals surface area contributed by atoms with Crippen molar-refractivity contribution in [2.24, 2.45) is 0 Å². The fraction of sp³-hybridized carbons (Fsp3) is 1.00. The number of hydrogen-bond donors (Lipinski definition) is 1. The van der Waals surface area contributed by atoms with Crippen LogP contribution in [0.5, 0.6) is 0 Å². The van der Waals surface area contributed by atoms with Crippen molar-refractivity contribution in [3.63, 3.8) is 0 Å². The number of nitrogens with zero attached hydrogens (tertiary/aromatic N) is 1. The molecule has 0 spiro atoms. The van der Waals surface area contributed by atoms with Gasteiger partial charge in [-0.05, 0) is 59.8 Å². The maximum atomic E-state index is 6.26. The summed E-state index contributed by atoms with van der Waals surface area (Å²) in [6.45, 7) is 13.5. The van der Waals surface area contributed by atoms with Gasteiger partial charge >= 0.3 is 0 Å². The minimum absolute atomic E-state index is 0.193. The molecule has 4 unspecified atom stereocenters. The van der Waals surface area contributed by atoms with E-state index in [0.717, 1.165) is 25.2 Å². The van der Waals surface area contributed by atoms with Crippen LogP contribution in [0.25, 0.3) is 0 Å². The van der Waals surface area contributed by atoms with Crippen molar-refractivity contribution in [1.29, 1.82) is 0 Å². The van der Waals surface area contributed by atoms with Crippen LogP contribution in [0.3, 0.4) is 0 Å². The third kappa shape index (κ3) is 4.44. The molecule has 0 radical (unpaired) electrons. The predicted octanol–water partition coefficient (Wildman–Crippen LogP) is 3.19. The van der Waals surface area contributed by atoms with Gasteiger partial charge in [0.1, 0.15) is 0 Å². The quantitative estimate of drug-likeness (QED) is 0.838. The van der Waals surface area contributed by atoms with E-state index >= 15 is 0 Å². The molecule has 2 fully saturated rings. The number of hydrogen-bond acceptors (Lipinski definition) is 3. The fourth-order valence-corrected chi connectivity index (χ4v) is 3.61. The van der Waals surface area contributed by atoms with Crippen LogP contribution in [0.1, 0.15) is 66.7 Å². The molecule has 0 saturated carbocycles. The standard InChI is InChI=1S/C17H34N2O/c1-6-14-8-7-13(2)19(14)12-16-10-9-15(20-16)11-18-17(3,4)5/h13-16,18H,6-12H2,1-5H3. The summed E-state index contributed by atoms with van der Waals surface area (Å²) in [6, 6.07) is 1.54. The Kier molecular flexibility index (Phi) is 5.49. The Morgan fingerprint density at radius 2 is 1.80 bits per heavy atom. The van der Waals surface area contributed by atoms with E-state index in [1.807, 2.05) is 0 Å². The molecule has 0 aliphatic carbocycles. The van der Waals surface area contributed by atoms with Crippen LogP contribution in [0.2, 0.25) is 0 Å². The summed E-state index contributed by atoms with van der Waals surface area (Å²) in [4.78, 5) is 2.70. The van der Waals surface area contributed by atoms with E-state index in [-0.39, 0.29) is 5.54 Å². The van der Waals surface area contributed by atoms with Crippen LogP contribution in [0.4, 0.5) is 0 Å². The van der Waals surface area contributed by atoms with Gasteiger partial charge in [0.15, 0.2) is 0 Å². The zero-order chi connectivity index (χ0) is 14.8. The van der Waals surface area contributed by atoms with Gasteiger partial charge in [0.05, 0.1) is 12.2 Å². The molecule has 1 N–H and O–H groups in total. The van der Waals surface area contributed by atoms with Crippen molar-refractivity contribution in [3.8, 4) is 0 Å². The first-order chi connectivity index (χ1) is 9.39. The summed E-state index contributed by atoms with van der Waals surface area (Å²) in [6.07, 6.45) is 7.34. The highest BCUT2D eigenvalue weighted by Gasteiger charge is 2.34. The van der Waals surface area contributed by atoms with Crippen molar-refractivity contribution in [2.45, 2.75) is 96.6 Å². The highest BCUT2D eigenvalue weighted by molar-refractivity contribution is 4.88. The summed E-state index contributed by atoms with van der Waals surface area (Å²) < 4.78 is 6.26. The van der Waals surface area contributed by atoms with E-state index in [1.54, 1.807) is 0 Å². The van der Waals surface area contributed by atoms with Crippen molar-refractivity contribution < 1.29 is 4.74 Å². The minimum Gasteiger partial charge on any atom is -0.372 e.